The molecule has 0 aliphatic heterocycles. The third-order valence-corrected chi connectivity index (χ3v) is 3.42. The Morgan fingerprint density at radius 3 is 1.32 bits per heavy atom. The van der Waals surface area contributed by atoms with E-state index in [2.05, 4.69) is 16.0 Å². The molecule has 132 valence electrons. The molecule has 9 nitrogen and oxygen atoms in total. The van der Waals surface area contributed by atoms with Crippen molar-refractivity contribution in [1.29, 1.82) is 0 Å². The summed E-state index contributed by atoms with van der Waals surface area (Å²) in [5.74, 6) is 0. The van der Waals surface area contributed by atoms with Gasteiger partial charge in [0.1, 0.15) is 0 Å². The van der Waals surface area contributed by atoms with Crippen LogP contribution in [0.2, 0.25) is 0 Å². The molecule has 0 unspecified atom stereocenters. The van der Waals surface area contributed by atoms with Crippen molar-refractivity contribution in [1.82, 2.24) is 5.32 Å². The molecule has 0 aromatic heterocycles. The number of rotatable bonds is 10. The zero-order valence-electron chi connectivity index (χ0n) is 13.5. The zero-order valence-corrected chi connectivity index (χ0v) is 13.5. The molecule has 3 N–H and O–H groups in total. The molecule has 0 bridgehead atoms. The van der Waals surface area contributed by atoms with Crippen molar-refractivity contribution in [2.45, 2.75) is 0 Å². The summed E-state index contributed by atoms with van der Waals surface area (Å²) < 4.78 is 0. The fourth-order valence-electron chi connectivity index (χ4n) is 2.12. The van der Waals surface area contributed by atoms with Gasteiger partial charge in [0.2, 0.25) is 0 Å². The Balaban J connectivity index is 1.57. The van der Waals surface area contributed by atoms with Gasteiger partial charge in [0.25, 0.3) is 11.4 Å². The molecule has 25 heavy (non-hydrogen) atoms. The molecule has 0 saturated carbocycles. The Labute approximate surface area is 144 Å². The fraction of sp³-hybridized carbons (Fsp3) is 0.250. The standard InChI is InChI=1S/C16H19N5O4/c22-20(23)15-5-1-13(2-6-15)18-11-9-17-10-12-19-14-3-7-16(8-4-14)21(24)25/h1-8,17-19H,9-12H2. The lowest BCUT2D eigenvalue weighted by Gasteiger charge is -2.09. The van der Waals surface area contributed by atoms with E-state index in [1.54, 1.807) is 24.3 Å². The van der Waals surface area contributed by atoms with Crippen molar-refractivity contribution in [2.24, 2.45) is 0 Å². The fourth-order valence-corrected chi connectivity index (χ4v) is 2.12. The first-order valence-electron chi connectivity index (χ1n) is 7.73. The maximum absolute atomic E-state index is 10.6. The Kier molecular flexibility index (Phi) is 6.66. The van der Waals surface area contributed by atoms with E-state index in [1.807, 2.05) is 0 Å². The molecule has 2 aromatic carbocycles. The normalized spacial score (nSPS) is 10.2. The zero-order chi connectivity index (χ0) is 18.1. The summed E-state index contributed by atoms with van der Waals surface area (Å²) in [6, 6.07) is 12.5. The summed E-state index contributed by atoms with van der Waals surface area (Å²) >= 11 is 0. The van der Waals surface area contributed by atoms with E-state index in [9.17, 15) is 20.2 Å². The van der Waals surface area contributed by atoms with Crippen LogP contribution in [0.3, 0.4) is 0 Å². The highest BCUT2D eigenvalue weighted by Gasteiger charge is 2.04. The molecule has 9 heteroatoms. The lowest BCUT2D eigenvalue weighted by molar-refractivity contribution is -0.385. The molecule has 0 amide bonds. The molecule has 0 heterocycles. The van der Waals surface area contributed by atoms with Crippen molar-refractivity contribution in [3.63, 3.8) is 0 Å². The van der Waals surface area contributed by atoms with E-state index < -0.39 is 9.85 Å². The van der Waals surface area contributed by atoms with Crippen LogP contribution in [-0.4, -0.2) is 36.0 Å². The molecule has 0 radical (unpaired) electrons. The van der Waals surface area contributed by atoms with Crippen molar-refractivity contribution < 1.29 is 9.85 Å². The van der Waals surface area contributed by atoms with Gasteiger partial charge in [0, 0.05) is 61.8 Å². The Morgan fingerprint density at radius 2 is 1.00 bits per heavy atom. The number of benzene rings is 2. The minimum atomic E-state index is -0.427. The number of anilines is 2. The van der Waals surface area contributed by atoms with Gasteiger partial charge in [-0.1, -0.05) is 0 Å². The van der Waals surface area contributed by atoms with Gasteiger partial charge in [-0.15, -0.1) is 0 Å². The molecule has 0 aliphatic rings. The lowest BCUT2D eigenvalue weighted by atomic mass is 10.3. The van der Waals surface area contributed by atoms with Crippen molar-refractivity contribution >= 4 is 22.7 Å². The molecular formula is C16H19N5O4. The minimum absolute atomic E-state index is 0.0704. The van der Waals surface area contributed by atoms with E-state index in [4.69, 9.17) is 0 Å². The van der Waals surface area contributed by atoms with Crippen molar-refractivity contribution in [2.75, 3.05) is 36.8 Å². The van der Waals surface area contributed by atoms with Crippen LogP contribution >= 0.6 is 0 Å². The third-order valence-electron chi connectivity index (χ3n) is 3.42. The van der Waals surface area contributed by atoms with E-state index >= 15 is 0 Å². The van der Waals surface area contributed by atoms with Crippen molar-refractivity contribution in [3.8, 4) is 0 Å². The maximum atomic E-state index is 10.6. The molecule has 0 atom stereocenters. The van der Waals surface area contributed by atoms with E-state index in [0.29, 0.717) is 13.1 Å². The van der Waals surface area contributed by atoms with E-state index in [1.165, 1.54) is 24.3 Å². The van der Waals surface area contributed by atoms with Crippen LogP contribution in [0.1, 0.15) is 0 Å². The number of nitrogens with one attached hydrogen (secondary N) is 3. The van der Waals surface area contributed by atoms with Crippen LogP contribution < -0.4 is 16.0 Å². The molecule has 0 aliphatic carbocycles. The summed E-state index contributed by atoms with van der Waals surface area (Å²) in [5, 5.41) is 30.7. The van der Waals surface area contributed by atoms with Crippen LogP contribution in [0.4, 0.5) is 22.7 Å². The van der Waals surface area contributed by atoms with E-state index in [0.717, 1.165) is 24.5 Å². The van der Waals surface area contributed by atoms with E-state index in [-0.39, 0.29) is 11.4 Å². The van der Waals surface area contributed by atoms with Gasteiger partial charge in [0.15, 0.2) is 0 Å². The Hall–Kier alpha value is -3.20. The first kappa shape index (κ1) is 18.1. The first-order valence-corrected chi connectivity index (χ1v) is 7.73. The number of nitro benzene ring substituents is 2. The van der Waals surface area contributed by atoms with Crippen LogP contribution in [0, 0.1) is 20.2 Å². The second-order valence-corrected chi connectivity index (χ2v) is 5.21. The average molecular weight is 345 g/mol. The summed E-state index contributed by atoms with van der Waals surface area (Å²) in [6.45, 7) is 2.85. The number of hydrogen-bond acceptors (Lipinski definition) is 7. The van der Waals surface area contributed by atoms with Crippen LogP contribution in [0.15, 0.2) is 48.5 Å². The predicted molar refractivity (Wildman–Crippen MR) is 96.0 cm³/mol. The van der Waals surface area contributed by atoms with Crippen LogP contribution in [0.5, 0.6) is 0 Å². The van der Waals surface area contributed by atoms with Gasteiger partial charge < -0.3 is 16.0 Å². The summed E-state index contributed by atoms with van der Waals surface area (Å²) in [4.78, 5) is 20.3. The highest BCUT2D eigenvalue weighted by molar-refractivity contribution is 5.49. The monoisotopic (exact) mass is 345 g/mol. The van der Waals surface area contributed by atoms with Gasteiger partial charge in [0.05, 0.1) is 9.85 Å². The SMILES string of the molecule is O=[N+]([O-])c1ccc(NCCNCCNc2ccc([N+](=O)[O-])cc2)cc1. The quantitative estimate of drug-likeness (QED) is 0.343. The number of hydrogen-bond donors (Lipinski definition) is 3. The van der Waals surface area contributed by atoms with Crippen LogP contribution in [-0.2, 0) is 0 Å². The maximum Gasteiger partial charge on any atom is 0.269 e. The summed E-state index contributed by atoms with van der Waals surface area (Å²) in [6.07, 6.45) is 0. The second-order valence-electron chi connectivity index (χ2n) is 5.21. The Morgan fingerprint density at radius 1 is 0.640 bits per heavy atom. The molecule has 2 rings (SSSR count). The molecular weight excluding hydrogens is 326 g/mol. The van der Waals surface area contributed by atoms with Gasteiger partial charge in [-0.2, -0.15) is 0 Å². The number of nitrogens with zero attached hydrogens (tertiary/aromatic N) is 2. The first-order chi connectivity index (χ1) is 12.1. The van der Waals surface area contributed by atoms with Crippen molar-refractivity contribution in [3.05, 3.63) is 68.8 Å². The lowest BCUT2D eigenvalue weighted by Crippen LogP contribution is -2.27. The molecule has 0 saturated heterocycles. The predicted octanol–water partition coefficient (Wildman–Crippen LogP) is 2.62. The largest absolute Gasteiger partial charge is 0.384 e. The van der Waals surface area contributed by atoms with Gasteiger partial charge in [-0.05, 0) is 24.3 Å². The summed E-state index contributed by atoms with van der Waals surface area (Å²) in [5.41, 5.74) is 1.80. The molecule has 2 aromatic rings. The number of nitro groups is 2. The smallest absolute Gasteiger partial charge is 0.269 e. The van der Waals surface area contributed by atoms with Gasteiger partial charge >= 0.3 is 0 Å². The highest BCUT2D eigenvalue weighted by Crippen LogP contribution is 2.15. The second kappa shape index (κ2) is 9.18. The average Bonchev–Trinajstić information content (AvgIpc) is 2.61. The molecule has 0 fully saturated rings. The van der Waals surface area contributed by atoms with Gasteiger partial charge in [-0.3, -0.25) is 20.2 Å². The number of non-ortho nitro benzene ring substituents is 2. The molecule has 0 spiro atoms. The summed E-state index contributed by atoms with van der Waals surface area (Å²) in [7, 11) is 0. The highest BCUT2D eigenvalue weighted by atomic mass is 16.6. The topological polar surface area (TPSA) is 122 Å². The minimum Gasteiger partial charge on any atom is -0.384 e. The van der Waals surface area contributed by atoms with Gasteiger partial charge in [-0.25, -0.2) is 0 Å². The Bertz CT molecular complexity index is 642. The third kappa shape index (κ3) is 6.07. The van der Waals surface area contributed by atoms with Crippen LogP contribution in [0.25, 0.3) is 0 Å².